The molecule has 5 aromatic rings. The molecule has 0 saturated carbocycles. The number of anilines is 1. The molecule has 0 spiro atoms. The lowest BCUT2D eigenvalue weighted by atomic mass is 10.1. The predicted octanol–water partition coefficient (Wildman–Crippen LogP) is 6.44. The number of benzene rings is 4. The number of carbonyl (C=O) groups is 1. The molecular formula is C39H37N5O5. The van der Waals surface area contributed by atoms with E-state index < -0.39 is 0 Å². The van der Waals surface area contributed by atoms with E-state index in [1.54, 1.807) is 23.8 Å². The van der Waals surface area contributed by atoms with E-state index in [0.717, 1.165) is 56.6 Å². The van der Waals surface area contributed by atoms with Crippen molar-refractivity contribution in [2.24, 2.45) is 4.99 Å². The first-order chi connectivity index (χ1) is 24.1. The number of rotatable bonds is 9. The molecule has 10 nitrogen and oxygen atoms in total. The van der Waals surface area contributed by atoms with E-state index in [1.807, 2.05) is 77.8 Å². The quantitative estimate of drug-likeness (QED) is 0.169. The molecule has 248 valence electrons. The molecule has 1 amide bonds. The maximum absolute atomic E-state index is 14.2. The second-order valence-corrected chi connectivity index (χ2v) is 12.5. The molecule has 3 aliphatic heterocycles. The summed E-state index contributed by atoms with van der Waals surface area (Å²) >= 11 is 0. The number of hydrogen-bond donors (Lipinski definition) is 0. The van der Waals surface area contributed by atoms with E-state index >= 15 is 0 Å². The van der Waals surface area contributed by atoms with Gasteiger partial charge in [-0.25, -0.2) is 4.98 Å². The van der Waals surface area contributed by atoms with Crippen molar-refractivity contribution in [1.82, 2.24) is 14.5 Å². The molecular weight excluding hydrogens is 618 g/mol. The van der Waals surface area contributed by atoms with Crippen molar-refractivity contribution < 1.29 is 19.0 Å². The van der Waals surface area contributed by atoms with E-state index in [0.29, 0.717) is 50.9 Å². The summed E-state index contributed by atoms with van der Waals surface area (Å²) in [5.41, 5.74) is 4.25. The van der Waals surface area contributed by atoms with Gasteiger partial charge in [-0.05, 0) is 74.2 Å². The predicted molar refractivity (Wildman–Crippen MR) is 190 cm³/mol. The molecule has 2 saturated heterocycles. The molecule has 2 fully saturated rings. The molecule has 1 atom stereocenters. The number of amides is 1. The highest BCUT2D eigenvalue weighted by atomic mass is 16.5. The zero-order valence-corrected chi connectivity index (χ0v) is 27.4. The topological polar surface area (TPSA) is 98.5 Å². The van der Waals surface area contributed by atoms with Gasteiger partial charge in [0.1, 0.15) is 24.8 Å². The van der Waals surface area contributed by atoms with Crippen LogP contribution in [0.25, 0.3) is 28.0 Å². The molecule has 10 heteroatoms. The number of aromatic nitrogens is 2. The molecule has 0 bridgehead atoms. The number of fused-ring (bicyclic) bond motifs is 3. The van der Waals surface area contributed by atoms with Gasteiger partial charge < -0.3 is 24.0 Å². The number of methoxy groups -OCH3 is 1. The lowest BCUT2D eigenvalue weighted by Gasteiger charge is -2.20. The fourth-order valence-electron chi connectivity index (χ4n) is 6.99. The summed E-state index contributed by atoms with van der Waals surface area (Å²) in [6.45, 7) is 3.24. The van der Waals surface area contributed by atoms with Crippen LogP contribution in [0, 0.1) is 0 Å². The van der Waals surface area contributed by atoms with Crippen molar-refractivity contribution in [1.29, 1.82) is 0 Å². The van der Waals surface area contributed by atoms with Crippen molar-refractivity contribution in [3.8, 4) is 34.3 Å². The van der Waals surface area contributed by atoms with Crippen LogP contribution in [0.3, 0.4) is 0 Å². The molecule has 1 aromatic heterocycles. The van der Waals surface area contributed by atoms with Gasteiger partial charge in [0.2, 0.25) is 0 Å². The first kappa shape index (κ1) is 30.7. The maximum Gasteiger partial charge on any atom is 0.266 e. The van der Waals surface area contributed by atoms with Crippen LogP contribution in [-0.2, 0) is 0 Å². The second kappa shape index (κ2) is 13.1. The third-order valence-electron chi connectivity index (χ3n) is 9.52. The van der Waals surface area contributed by atoms with Gasteiger partial charge in [-0.1, -0.05) is 30.3 Å². The Morgan fingerprint density at radius 2 is 1.57 bits per heavy atom. The van der Waals surface area contributed by atoms with Crippen LogP contribution in [0.15, 0.2) is 94.7 Å². The number of nitrogens with zero attached hydrogens (tertiary/aromatic N) is 5. The van der Waals surface area contributed by atoms with Crippen LogP contribution in [0.5, 0.6) is 17.2 Å². The highest BCUT2D eigenvalue weighted by Crippen LogP contribution is 2.38. The molecule has 0 aliphatic carbocycles. The molecule has 4 aromatic carbocycles. The van der Waals surface area contributed by atoms with Gasteiger partial charge in [0.15, 0.2) is 11.5 Å². The minimum Gasteiger partial charge on any atom is -0.493 e. The Balaban J connectivity index is 1.01. The van der Waals surface area contributed by atoms with Gasteiger partial charge in [-0.15, -0.1) is 0 Å². The van der Waals surface area contributed by atoms with E-state index in [-0.39, 0.29) is 30.7 Å². The van der Waals surface area contributed by atoms with Crippen LogP contribution >= 0.6 is 0 Å². The Hall–Kier alpha value is -5.64. The zero-order valence-electron chi connectivity index (χ0n) is 27.4. The molecule has 0 radical (unpaired) electrons. The van der Waals surface area contributed by atoms with Gasteiger partial charge in [0.05, 0.1) is 41.0 Å². The van der Waals surface area contributed by atoms with Crippen LogP contribution < -0.4 is 24.7 Å². The van der Waals surface area contributed by atoms with E-state index in [4.69, 9.17) is 19.2 Å². The van der Waals surface area contributed by atoms with Crippen LogP contribution in [0.2, 0.25) is 0 Å². The summed E-state index contributed by atoms with van der Waals surface area (Å²) in [6, 6.07) is 26.7. The zero-order chi connectivity index (χ0) is 33.3. The first-order valence-corrected chi connectivity index (χ1v) is 16.9. The van der Waals surface area contributed by atoms with Crippen LogP contribution in [-0.4, -0.2) is 72.6 Å². The van der Waals surface area contributed by atoms with Gasteiger partial charge in [-0.2, -0.15) is 0 Å². The second-order valence-electron chi connectivity index (χ2n) is 12.5. The summed E-state index contributed by atoms with van der Waals surface area (Å²) in [5.74, 6) is 2.15. The molecule has 8 rings (SSSR count). The van der Waals surface area contributed by atoms with Crippen LogP contribution in [0.4, 0.5) is 11.4 Å². The Bertz CT molecular complexity index is 2110. The smallest absolute Gasteiger partial charge is 0.266 e. The molecule has 4 heterocycles. The molecule has 49 heavy (non-hydrogen) atoms. The minimum atomic E-state index is -0.118. The Morgan fingerprint density at radius 3 is 2.37 bits per heavy atom. The lowest BCUT2D eigenvalue weighted by Crippen LogP contribution is -2.35. The fraction of sp³-hybridized carbons (Fsp3) is 0.282. The minimum absolute atomic E-state index is 0.0312. The molecule has 0 unspecified atom stereocenters. The average molecular weight is 656 g/mol. The number of carbonyl (C=O) groups excluding carboxylic acids is 1. The van der Waals surface area contributed by atoms with Crippen LogP contribution in [0.1, 0.15) is 36.0 Å². The van der Waals surface area contributed by atoms with Gasteiger partial charge in [0.25, 0.3) is 11.5 Å². The Kier molecular flexibility index (Phi) is 8.20. The van der Waals surface area contributed by atoms with Gasteiger partial charge >= 0.3 is 0 Å². The lowest BCUT2D eigenvalue weighted by molar-refractivity contribution is 0.0774. The number of ether oxygens (including phenoxy) is 3. The fourth-order valence-corrected chi connectivity index (χ4v) is 6.99. The van der Waals surface area contributed by atoms with Crippen molar-refractivity contribution in [3.05, 3.63) is 101 Å². The third kappa shape index (κ3) is 5.88. The van der Waals surface area contributed by atoms with Crippen molar-refractivity contribution in [2.45, 2.75) is 31.7 Å². The van der Waals surface area contributed by atoms with Gasteiger partial charge in [-0.3, -0.25) is 19.1 Å². The Morgan fingerprint density at radius 1 is 0.796 bits per heavy atom. The third-order valence-corrected chi connectivity index (χ3v) is 9.52. The van der Waals surface area contributed by atoms with Crippen molar-refractivity contribution in [2.75, 3.05) is 44.9 Å². The standard InChI is InChI=1S/C39H37N5O5/c1-47-35-23-32-34(40-25-29-10-7-19-43(29)38(32)45)24-36(35)49-21-20-48-30-14-11-27(12-15-30)44-37(26-8-3-2-4-9-26)41-33-16-13-28(22-31(33)39(44)46)42-17-5-6-18-42/h2-4,8-9,11-16,22-25,29H,5-7,10,17-21H2,1H3/t29-/m0/s1. The largest absolute Gasteiger partial charge is 0.493 e. The summed E-state index contributed by atoms with van der Waals surface area (Å²) in [4.78, 5) is 41.1. The maximum atomic E-state index is 14.2. The highest BCUT2D eigenvalue weighted by molar-refractivity contribution is 6.03. The van der Waals surface area contributed by atoms with E-state index in [2.05, 4.69) is 16.0 Å². The van der Waals surface area contributed by atoms with E-state index in [9.17, 15) is 9.59 Å². The average Bonchev–Trinajstić information content (AvgIpc) is 3.84. The number of hydrogen-bond acceptors (Lipinski definition) is 8. The summed E-state index contributed by atoms with van der Waals surface area (Å²) in [7, 11) is 1.56. The SMILES string of the molecule is COc1cc2c(cc1OCCOc1ccc(-n3c(-c4ccccc4)nc4ccc(N5CCCC5)cc4c3=O)cc1)N=C[C@@H]1CCCN1C2=O. The summed E-state index contributed by atoms with van der Waals surface area (Å²) < 4.78 is 19.3. The van der Waals surface area contributed by atoms with Crippen molar-refractivity contribution >= 4 is 34.4 Å². The van der Waals surface area contributed by atoms with E-state index in [1.165, 1.54) is 0 Å². The summed E-state index contributed by atoms with van der Waals surface area (Å²) in [6.07, 6.45) is 6.08. The normalized spacial score (nSPS) is 16.8. The number of aliphatic imine (C=N–C) groups is 1. The highest BCUT2D eigenvalue weighted by Gasteiger charge is 2.32. The monoisotopic (exact) mass is 655 g/mol. The Labute approximate surface area is 284 Å². The molecule has 3 aliphatic rings. The summed E-state index contributed by atoms with van der Waals surface area (Å²) in [5, 5.41) is 0.588. The first-order valence-electron chi connectivity index (χ1n) is 16.9. The van der Waals surface area contributed by atoms with Crippen molar-refractivity contribution in [3.63, 3.8) is 0 Å². The molecule has 0 N–H and O–H groups in total. The van der Waals surface area contributed by atoms with Gasteiger partial charge in [0, 0.05) is 43.2 Å².